The van der Waals surface area contributed by atoms with Crippen LogP contribution in [0.25, 0.3) is 0 Å². The van der Waals surface area contributed by atoms with Crippen molar-refractivity contribution in [2.24, 2.45) is 5.92 Å². The van der Waals surface area contributed by atoms with Gasteiger partial charge < -0.3 is 14.8 Å². The lowest BCUT2D eigenvalue weighted by atomic mass is 9.94. The average Bonchev–Trinajstić information content (AvgIpc) is 2.53. The van der Waals surface area contributed by atoms with Gasteiger partial charge in [-0.3, -0.25) is 4.90 Å². The largest absolute Gasteiger partial charge is 0.495 e. The Labute approximate surface area is 142 Å². The molecular formula is C17H27BrN2O2. The maximum absolute atomic E-state index is 5.51. The molecule has 22 heavy (non-hydrogen) atoms. The Balaban J connectivity index is 2.37. The molecule has 0 aliphatic carbocycles. The number of hydrogen-bond acceptors (Lipinski definition) is 4. The number of rotatable bonds is 6. The number of halogens is 1. The lowest BCUT2D eigenvalue weighted by Gasteiger charge is -2.36. The summed E-state index contributed by atoms with van der Waals surface area (Å²) in [6.07, 6.45) is 1.13. The Bertz CT molecular complexity index is 463. The topological polar surface area (TPSA) is 33.7 Å². The molecule has 0 spiro atoms. The molecule has 1 aromatic carbocycles. The normalized spacial score (nSPS) is 17.5. The van der Waals surface area contributed by atoms with Gasteiger partial charge in [0.05, 0.1) is 14.2 Å². The zero-order chi connectivity index (χ0) is 16.1. The number of methoxy groups -OCH3 is 2. The Morgan fingerprint density at radius 1 is 1.14 bits per heavy atom. The summed E-state index contributed by atoms with van der Waals surface area (Å²) in [6, 6.07) is 4.68. The number of nitrogens with zero attached hydrogens (tertiary/aromatic N) is 1. The van der Waals surface area contributed by atoms with Crippen LogP contribution in [0.2, 0.25) is 0 Å². The maximum Gasteiger partial charge on any atom is 0.137 e. The second-order valence-electron chi connectivity index (χ2n) is 6.17. The number of hydrogen-bond donors (Lipinski definition) is 1. The van der Waals surface area contributed by atoms with Crippen molar-refractivity contribution >= 4 is 15.9 Å². The molecule has 0 aromatic heterocycles. The van der Waals surface area contributed by atoms with Crippen LogP contribution in [0.15, 0.2) is 16.6 Å². The van der Waals surface area contributed by atoms with Crippen molar-refractivity contribution in [3.05, 3.63) is 22.2 Å². The first-order valence-corrected chi connectivity index (χ1v) is 8.72. The van der Waals surface area contributed by atoms with E-state index in [0.29, 0.717) is 12.0 Å². The van der Waals surface area contributed by atoms with Crippen LogP contribution in [-0.2, 0) is 0 Å². The van der Waals surface area contributed by atoms with Crippen LogP contribution in [0.1, 0.15) is 31.9 Å². The number of piperazine rings is 1. The van der Waals surface area contributed by atoms with Gasteiger partial charge in [0, 0.05) is 32.2 Å². The predicted octanol–water partition coefficient (Wildman–Crippen LogP) is 3.46. The third-order valence-corrected chi connectivity index (χ3v) is 4.92. The lowest BCUT2D eigenvalue weighted by molar-refractivity contribution is 0.153. The van der Waals surface area contributed by atoms with Crippen molar-refractivity contribution in [3.63, 3.8) is 0 Å². The molecule has 4 nitrogen and oxygen atoms in total. The maximum atomic E-state index is 5.51. The van der Waals surface area contributed by atoms with Gasteiger partial charge in [-0.05, 0) is 46.0 Å². The van der Waals surface area contributed by atoms with E-state index in [1.807, 2.05) is 0 Å². The Morgan fingerprint density at radius 2 is 1.68 bits per heavy atom. The molecular weight excluding hydrogens is 344 g/mol. The highest BCUT2D eigenvalue weighted by Gasteiger charge is 2.25. The molecule has 1 saturated heterocycles. The van der Waals surface area contributed by atoms with Gasteiger partial charge in [-0.2, -0.15) is 0 Å². The molecule has 0 amide bonds. The SMILES string of the molecule is COc1cc([C@@H](CC(C)C)N2CCNCC2)cc(OC)c1Br. The van der Waals surface area contributed by atoms with E-state index in [4.69, 9.17) is 9.47 Å². The van der Waals surface area contributed by atoms with E-state index >= 15 is 0 Å². The smallest absolute Gasteiger partial charge is 0.137 e. The molecule has 0 radical (unpaired) electrons. The summed E-state index contributed by atoms with van der Waals surface area (Å²) in [5, 5.41) is 3.43. The van der Waals surface area contributed by atoms with Crippen LogP contribution >= 0.6 is 15.9 Å². The molecule has 1 N–H and O–H groups in total. The van der Waals surface area contributed by atoms with Crippen LogP contribution in [-0.4, -0.2) is 45.3 Å². The zero-order valence-corrected chi connectivity index (χ0v) is 15.6. The molecule has 1 atom stereocenters. The van der Waals surface area contributed by atoms with Gasteiger partial charge in [0.1, 0.15) is 16.0 Å². The fourth-order valence-corrected chi connectivity index (χ4v) is 3.57. The van der Waals surface area contributed by atoms with E-state index in [9.17, 15) is 0 Å². The van der Waals surface area contributed by atoms with E-state index in [1.165, 1.54) is 5.56 Å². The van der Waals surface area contributed by atoms with Gasteiger partial charge in [-0.1, -0.05) is 13.8 Å². The molecule has 5 heteroatoms. The van der Waals surface area contributed by atoms with Crippen LogP contribution in [0, 0.1) is 5.92 Å². The van der Waals surface area contributed by atoms with Crippen molar-refractivity contribution in [2.45, 2.75) is 26.3 Å². The van der Waals surface area contributed by atoms with Crippen molar-refractivity contribution < 1.29 is 9.47 Å². The third-order valence-electron chi connectivity index (χ3n) is 4.14. The highest BCUT2D eigenvalue weighted by molar-refractivity contribution is 9.10. The molecule has 2 rings (SSSR count). The quantitative estimate of drug-likeness (QED) is 0.831. The first-order chi connectivity index (χ1) is 10.6. The minimum absolute atomic E-state index is 0.401. The van der Waals surface area contributed by atoms with Crippen LogP contribution in [0.4, 0.5) is 0 Å². The van der Waals surface area contributed by atoms with E-state index < -0.39 is 0 Å². The summed E-state index contributed by atoms with van der Waals surface area (Å²) in [4.78, 5) is 2.57. The molecule has 124 valence electrons. The lowest BCUT2D eigenvalue weighted by Crippen LogP contribution is -2.45. The number of ether oxygens (including phenoxy) is 2. The number of benzene rings is 1. The summed E-state index contributed by atoms with van der Waals surface area (Å²) in [5.41, 5.74) is 1.27. The molecule has 0 unspecified atom stereocenters. The van der Waals surface area contributed by atoms with Gasteiger partial charge in [0.25, 0.3) is 0 Å². The highest BCUT2D eigenvalue weighted by Crippen LogP contribution is 2.40. The molecule has 1 aromatic rings. The first-order valence-electron chi connectivity index (χ1n) is 7.93. The molecule has 0 saturated carbocycles. The predicted molar refractivity (Wildman–Crippen MR) is 93.9 cm³/mol. The summed E-state index contributed by atoms with van der Waals surface area (Å²) in [7, 11) is 3.40. The molecule has 1 fully saturated rings. The minimum atomic E-state index is 0.401. The zero-order valence-electron chi connectivity index (χ0n) is 14.0. The molecule has 1 aliphatic heterocycles. The molecule has 1 heterocycles. The van der Waals surface area contributed by atoms with E-state index in [-0.39, 0.29) is 0 Å². The standard InChI is InChI=1S/C17H27BrN2O2/c1-12(2)9-14(20-7-5-19-6-8-20)13-10-15(21-3)17(18)16(11-13)22-4/h10-12,14,19H,5-9H2,1-4H3/t14-/m1/s1. The van der Waals surface area contributed by atoms with Crippen LogP contribution in [0.3, 0.4) is 0 Å². The van der Waals surface area contributed by atoms with Crippen molar-refractivity contribution in [1.29, 1.82) is 0 Å². The van der Waals surface area contributed by atoms with Crippen LogP contribution < -0.4 is 14.8 Å². The molecule has 1 aliphatic rings. The Morgan fingerprint density at radius 3 is 2.14 bits per heavy atom. The second kappa shape index (κ2) is 8.18. The fourth-order valence-electron chi connectivity index (χ4n) is 3.02. The van der Waals surface area contributed by atoms with Crippen molar-refractivity contribution in [1.82, 2.24) is 10.2 Å². The van der Waals surface area contributed by atoms with Crippen LogP contribution in [0.5, 0.6) is 11.5 Å². The minimum Gasteiger partial charge on any atom is -0.495 e. The van der Waals surface area contributed by atoms with Gasteiger partial charge in [-0.15, -0.1) is 0 Å². The summed E-state index contributed by atoms with van der Waals surface area (Å²) in [5.74, 6) is 2.30. The Kier molecular flexibility index (Phi) is 6.53. The average molecular weight is 371 g/mol. The first kappa shape index (κ1) is 17.6. The van der Waals surface area contributed by atoms with Gasteiger partial charge in [0.15, 0.2) is 0 Å². The van der Waals surface area contributed by atoms with E-state index in [0.717, 1.165) is 48.6 Å². The third kappa shape index (κ3) is 4.15. The number of nitrogens with one attached hydrogen (secondary N) is 1. The van der Waals surface area contributed by atoms with Gasteiger partial charge in [0.2, 0.25) is 0 Å². The van der Waals surface area contributed by atoms with Gasteiger partial charge in [-0.25, -0.2) is 0 Å². The van der Waals surface area contributed by atoms with E-state index in [2.05, 4.69) is 52.1 Å². The summed E-state index contributed by atoms with van der Waals surface area (Å²) >= 11 is 3.56. The highest BCUT2D eigenvalue weighted by atomic mass is 79.9. The van der Waals surface area contributed by atoms with Crippen molar-refractivity contribution in [2.75, 3.05) is 40.4 Å². The van der Waals surface area contributed by atoms with Crippen molar-refractivity contribution in [3.8, 4) is 11.5 Å². The fraction of sp³-hybridized carbons (Fsp3) is 0.647. The van der Waals surface area contributed by atoms with Gasteiger partial charge >= 0.3 is 0 Å². The second-order valence-corrected chi connectivity index (χ2v) is 6.96. The summed E-state index contributed by atoms with van der Waals surface area (Å²) in [6.45, 7) is 8.83. The Hall–Kier alpha value is -0.780. The van der Waals surface area contributed by atoms with E-state index in [1.54, 1.807) is 14.2 Å². The monoisotopic (exact) mass is 370 g/mol. The molecule has 0 bridgehead atoms. The summed E-state index contributed by atoms with van der Waals surface area (Å²) < 4.78 is 11.9.